The van der Waals surface area contributed by atoms with Crippen molar-refractivity contribution in [1.82, 2.24) is 4.98 Å². The van der Waals surface area contributed by atoms with Crippen molar-refractivity contribution in [2.75, 3.05) is 24.4 Å². The first-order valence-corrected chi connectivity index (χ1v) is 15.2. The first-order chi connectivity index (χ1) is 18.0. The van der Waals surface area contributed by atoms with Crippen LogP contribution in [0, 0.1) is 19.7 Å². The summed E-state index contributed by atoms with van der Waals surface area (Å²) in [6, 6.07) is 10.6. The number of sulfone groups is 1. The van der Waals surface area contributed by atoms with E-state index in [0.717, 1.165) is 33.4 Å². The van der Waals surface area contributed by atoms with E-state index in [9.17, 15) is 13.2 Å². The van der Waals surface area contributed by atoms with Crippen molar-refractivity contribution in [1.29, 1.82) is 0 Å². The molecule has 38 heavy (non-hydrogen) atoms. The summed E-state index contributed by atoms with van der Waals surface area (Å²) >= 11 is 1.57. The molecular weight excluding hydrogens is 529 g/mol. The number of aryl methyl sites for hydroxylation is 2. The number of thioether (sulfide) groups is 1. The molecule has 0 saturated heterocycles. The van der Waals surface area contributed by atoms with Crippen LogP contribution in [-0.4, -0.2) is 48.8 Å². The SMILES string of the molecule is Cc1cccc(C)c1-c1cc(COc2cc3c(cn2)[C@H](CC(=O)O)CS3)c(OCCCS(C)(=O)=O)cc1F. The summed E-state index contributed by atoms with van der Waals surface area (Å²) in [7, 11) is -3.13. The summed E-state index contributed by atoms with van der Waals surface area (Å²) in [4.78, 5) is 16.4. The molecule has 4 rings (SSSR count). The van der Waals surface area contributed by atoms with Crippen LogP contribution in [0.3, 0.4) is 0 Å². The Hall–Kier alpha value is -3.11. The van der Waals surface area contributed by atoms with E-state index in [-0.39, 0.29) is 43.5 Å². The van der Waals surface area contributed by atoms with Crippen molar-refractivity contribution >= 4 is 27.6 Å². The zero-order valence-electron chi connectivity index (χ0n) is 21.5. The third kappa shape index (κ3) is 6.85. The van der Waals surface area contributed by atoms with Gasteiger partial charge in [-0.2, -0.15) is 0 Å². The van der Waals surface area contributed by atoms with Gasteiger partial charge in [0, 0.05) is 52.3 Å². The molecule has 0 fully saturated rings. The number of carbonyl (C=O) groups is 1. The van der Waals surface area contributed by atoms with Crippen molar-refractivity contribution in [2.45, 2.75) is 44.1 Å². The Morgan fingerprint density at radius 3 is 2.61 bits per heavy atom. The number of nitrogens with zero attached hydrogens (tertiary/aromatic N) is 1. The van der Waals surface area contributed by atoms with E-state index in [2.05, 4.69) is 4.98 Å². The predicted molar refractivity (Wildman–Crippen MR) is 145 cm³/mol. The van der Waals surface area contributed by atoms with Crippen LogP contribution in [0.25, 0.3) is 11.1 Å². The molecule has 2 heterocycles. The van der Waals surface area contributed by atoms with Gasteiger partial charge in [-0.15, -0.1) is 11.8 Å². The van der Waals surface area contributed by atoms with Gasteiger partial charge in [0.1, 0.15) is 28.0 Å². The fraction of sp³-hybridized carbons (Fsp3) is 0.357. The number of pyridine rings is 1. The Morgan fingerprint density at radius 2 is 1.92 bits per heavy atom. The molecule has 0 saturated carbocycles. The molecule has 1 aromatic heterocycles. The molecule has 1 atom stereocenters. The number of rotatable bonds is 11. The van der Waals surface area contributed by atoms with Crippen molar-refractivity contribution in [3.63, 3.8) is 0 Å². The molecule has 1 aliphatic rings. The van der Waals surface area contributed by atoms with Crippen molar-refractivity contribution in [3.05, 3.63) is 70.7 Å². The minimum atomic E-state index is -3.13. The molecule has 2 aromatic carbocycles. The molecule has 7 nitrogen and oxygen atoms in total. The maximum absolute atomic E-state index is 15.3. The second kappa shape index (κ2) is 11.7. The normalized spacial score (nSPS) is 14.8. The number of aromatic nitrogens is 1. The Bertz CT molecular complexity index is 1440. The number of ether oxygens (including phenoxy) is 2. The van der Waals surface area contributed by atoms with Crippen LogP contribution in [0.1, 0.15) is 41.0 Å². The van der Waals surface area contributed by atoms with Gasteiger partial charge in [-0.1, -0.05) is 18.2 Å². The van der Waals surface area contributed by atoms with E-state index in [1.54, 1.807) is 30.1 Å². The van der Waals surface area contributed by atoms with Gasteiger partial charge in [0.2, 0.25) is 5.88 Å². The number of aliphatic carboxylic acids is 1. The van der Waals surface area contributed by atoms with E-state index in [4.69, 9.17) is 14.6 Å². The Morgan fingerprint density at radius 1 is 1.18 bits per heavy atom. The predicted octanol–water partition coefficient (Wildman–Crippen LogP) is 5.56. The van der Waals surface area contributed by atoms with Gasteiger partial charge in [-0.25, -0.2) is 17.8 Å². The highest BCUT2D eigenvalue weighted by Gasteiger charge is 2.26. The number of carboxylic acids is 1. The molecule has 10 heteroatoms. The average molecular weight is 560 g/mol. The van der Waals surface area contributed by atoms with Gasteiger partial charge in [0.15, 0.2) is 0 Å². The lowest BCUT2D eigenvalue weighted by Gasteiger charge is -2.17. The molecule has 1 aliphatic heterocycles. The molecule has 0 unspecified atom stereocenters. The number of carboxylic acid groups (broad SMARTS) is 1. The van der Waals surface area contributed by atoms with Crippen LogP contribution in [-0.2, 0) is 21.2 Å². The summed E-state index contributed by atoms with van der Waals surface area (Å²) in [6.07, 6.45) is 3.16. The molecular formula is C28H30FNO6S2. The lowest BCUT2D eigenvalue weighted by atomic mass is 9.94. The van der Waals surface area contributed by atoms with E-state index < -0.39 is 21.6 Å². The van der Waals surface area contributed by atoms with Crippen LogP contribution in [0.5, 0.6) is 11.6 Å². The highest BCUT2D eigenvalue weighted by Crippen LogP contribution is 2.42. The maximum Gasteiger partial charge on any atom is 0.303 e. The van der Waals surface area contributed by atoms with Gasteiger partial charge in [-0.05, 0) is 48.6 Å². The van der Waals surface area contributed by atoms with Gasteiger partial charge >= 0.3 is 5.97 Å². The lowest BCUT2D eigenvalue weighted by molar-refractivity contribution is -0.137. The third-order valence-corrected chi connectivity index (χ3v) is 8.63. The summed E-state index contributed by atoms with van der Waals surface area (Å²) in [5, 5.41) is 9.14. The van der Waals surface area contributed by atoms with E-state index in [0.29, 0.717) is 22.8 Å². The largest absolute Gasteiger partial charge is 0.493 e. The Kier molecular flexibility index (Phi) is 8.62. The van der Waals surface area contributed by atoms with Crippen molar-refractivity contribution < 1.29 is 32.2 Å². The Balaban J connectivity index is 1.60. The van der Waals surface area contributed by atoms with E-state index in [1.807, 2.05) is 32.0 Å². The second-order valence-electron chi connectivity index (χ2n) is 9.49. The standard InChI is InChI=1S/C28H30FNO6S2/c1-17-6-4-7-18(2)28(17)21-10-19(24(12-23(21)29)35-8-5-9-38(3,33)34)15-36-26-13-25-22(14-30-26)20(16-37-25)11-27(31)32/h4,6-7,10,12-14,20H,5,8-9,11,15-16H2,1-3H3,(H,31,32)/t20-/m1/s1. The number of fused-ring (bicyclic) bond motifs is 1. The molecule has 0 bridgehead atoms. The molecule has 0 aliphatic carbocycles. The molecule has 3 aromatic rings. The van der Waals surface area contributed by atoms with Crippen LogP contribution in [0.15, 0.2) is 47.5 Å². The maximum atomic E-state index is 15.3. The van der Waals surface area contributed by atoms with Crippen LogP contribution in [0.4, 0.5) is 4.39 Å². The highest BCUT2D eigenvalue weighted by molar-refractivity contribution is 7.99. The third-order valence-electron chi connectivity index (χ3n) is 6.36. The second-order valence-corrected chi connectivity index (χ2v) is 12.8. The first kappa shape index (κ1) is 27.9. The molecule has 0 spiro atoms. The van der Waals surface area contributed by atoms with E-state index >= 15 is 4.39 Å². The monoisotopic (exact) mass is 559 g/mol. The van der Waals surface area contributed by atoms with Gasteiger partial charge in [-0.3, -0.25) is 4.79 Å². The minimum Gasteiger partial charge on any atom is -0.493 e. The zero-order chi connectivity index (χ0) is 27.4. The van der Waals surface area contributed by atoms with Gasteiger partial charge < -0.3 is 14.6 Å². The van der Waals surface area contributed by atoms with Crippen LogP contribution in [0.2, 0.25) is 0 Å². The quantitative estimate of drug-likeness (QED) is 0.305. The first-order valence-electron chi connectivity index (χ1n) is 12.2. The molecule has 202 valence electrons. The zero-order valence-corrected chi connectivity index (χ0v) is 23.1. The summed E-state index contributed by atoms with van der Waals surface area (Å²) in [5.74, 6) is -0.0737. The van der Waals surface area contributed by atoms with Crippen LogP contribution < -0.4 is 9.47 Å². The highest BCUT2D eigenvalue weighted by atomic mass is 32.2. The van der Waals surface area contributed by atoms with Crippen LogP contribution >= 0.6 is 11.8 Å². The van der Waals surface area contributed by atoms with E-state index in [1.165, 1.54) is 6.07 Å². The fourth-order valence-corrected chi connectivity index (χ4v) is 6.42. The Labute approximate surface area is 226 Å². The summed E-state index contributed by atoms with van der Waals surface area (Å²) in [6.45, 7) is 4.02. The topological polar surface area (TPSA) is 103 Å². The van der Waals surface area contributed by atoms with Gasteiger partial charge in [0.25, 0.3) is 0 Å². The molecule has 0 amide bonds. The smallest absolute Gasteiger partial charge is 0.303 e. The van der Waals surface area contributed by atoms with Crippen molar-refractivity contribution in [2.24, 2.45) is 0 Å². The minimum absolute atomic E-state index is 0.0264. The average Bonchev–Trinajstić information content (AvgIpc) is 3.22. The van der Waals surface area contributed by atoms with Crippen molar-refractivity contribution in [3.8, 4) is 22.8 Å². The molecule has 1 N–H and O–H groups in total. The fourth-order valence-electron chi connectivity index (χ4n) is 4.53. The number of benzene rings is 2. The summed E-state index contributed by atoms with van der Waals surface area (Å²) in [5.41, 5.74) is 4.60. The number of halogens is 1. The lowest BCUT2D eigenvalue weighted by Crippen LogP contribution is -2.10. The number of hydrogen-bond donors (Lipinski definition) is 1. The molecule has 0 radical (unpaired) electrons. The summed E-state index contributed by atoms with van der Waals surface area (Å²) < 4.78 is 50.1. The number of hydrogen-bond acceptors (Lipinski definition) is 7. The van der Waals surface area contributed by atoms with Gasteiger partial charge in [0.05, 0.1) is 18.8 Å².